The Bertz CT molecular complexity index is 456. The molecule has 2 aliphatic rings. The van der Waals surface area contributed by atoms with Crippen LogP contribution in [0.15, 0.2) is 35.3 Å². The maximum Gasteiger partial charge on any atom is 0.394 e. The molecule has 0 aromatic rings. The van der Waals surface area contributed by atoms with Gasteiger partial charge >= 0.3 is 10.4 Å². The summed E-state index contributed by atoms with van der Waals surface area (Å²) in [4.78, 5) is 8.04. The van der Waals surface area contributed by atoms with Crippen molar-refractivity contribution < 1.29 is 17.5 Å². The Morgan fingerprint density at radius 2 is 1.35 bits per heavy atom. The van der Waals surface area contributed by atoms with Gasteiger partial charge in [-0.3, -0.25) is 29.1 Å². The maximum atomic E-state index is 8.74. The number of aliphatic imine (C=N–C) groups is 2. The molecule has 0 aromatic heterocycles. The Kier molecular flexibility index (Phi) is 11.7. The first kappa shape index (κ1) is 21.2. The highest BCUT2D eigenvalue weighted by atomic mass is 32.3. The summed E-state index contributed by atoms with van der Waals surface area (Å²) in [5, 5.41) is 3.92. The number of hydrogen-bond donors (Lipinski definition) is 4. The van der Waals surface area contributed by atoms with Crippen LogP contribution in [0.5, 0.6) is 0 Å². The van der Waals surface area contributed by atoms with E-state index >= 15 is 0 Å². The molecular formula is C12H24N6O4S. The summed E-state index contributed by atoms with van der Waals surface area (Å²) in [6.45, 7) is 12.6. The highest BCUT2D eigenvalue weighted by molar-refractivity contribution is 7.79. The summed E-state index contributed by atoms with van der Waals surface area (Å²) in [6.07, 6.45) is 7.27. The Morgan fingerprint density at radius 3 is 1.57 bits per heavy atom. The summed E-state index contributed by atoms with van der Waals surface area (Å²) in [5.41, 5.74) is 6.19. The first-order valence-corrected chi connectivity index (χ1v) is 8.18. The standard InChI is InChI=1S/2C6H11N3.H2O4S/c2*1-2-3-8-9-5-4-7-6-9;1-5(2,3)4/h2*2,6,8H,1,3-5H2;(H2,1,2,3,4). The zero-order valence-corrected chi connectivity index (χ0v) is 13.7. The molecule has 0 bridgehead atoms. The molecule has 0 fully saturated rings. The molecule has 0 radical (unpaired) electrons. The number of hydrazine groups is 2. The topological polar surface area (TPSA) is 130 Å². The lowest BCUT2D eigenvalue weighted by Crippen LogP contribution is -2.35. The van der Waals surface area contributed by atoms with E-state index in [0.29, 0.717) is 0 Å². The van der Waals surface area contributed by atoms with Crippen LogP contribution in [0.4, 0.5) is 0 Å². The third kappa shape index (κ3) is 16.4. The van der Waals surface area contributed by atoms with Crippen LogP contribution in [0.2, 0.25) is 0 Å². The average molecular weight is 348 g/mol. The summed E-state index contributed by atoms with van der Waals surface area (Å²) >= 11 is 0. The van der Waals surface area contributed by atoms with Gasteiger partial charge in [-0.15, -0.1) is 13.2 Å². The second-order valence-electron chi connectivity index (χ2n) is 4.18. The maximum absolute atomic E-state index is 8.74. The highest BCUT2D eigenvalue weighted by Gasteiger charge is 2.01. The van der Waals surface area contributed by atoms with E-state index in [1.165, 1.54) is 0 Å². The van der Waals surface area contributed by atoms with E-state index in [1.54, 1.807) is 0 Å². The van der Waals surface area contributed by atoms with Gasteiger partial charge in [0.2, 0.25) is 0 Å². The van der Waals surface area contributed by atoms with Gasteiger partial charge in [-0.25, -0.2) is 10.9 Å². The Labute approximate surface area is 136 Å². The first-order chi connectivity index (χ1) is 10.9. The van der Waals surface area contributed by atoms with Crippen LogP contribution in [0, 0.1) is 0 Å². The second-order valence-corrected chi connectivity index (χ2v) is 5.08. The van der Waals surface area contributed by atoms with Crippen molar-refractivity contribution in [2.45, 2.75) is 0 Å². The van der Waals surface area contributed by atoms with Gasteiger partial charge in [0, 0.05) is 13.1 Å². The minimum absolute atomic E-state index is 0.812. The van der Waals surface area contributed by atoms with Gasteiger partial charge in [0.15, 0.2) is 0 Å². The summed E-state index contributed by atoms with van der Waals surface area (Å²) < 4.78 is 31.6. The van der Waals surface area contributed by atoms with Crippen LogP contribution in [-0.4, -0.2) is 79.5 Å². The largest absolute Gasteiger partial charge is 0.394 e. The fraction of sp³-hybridized carbons (Fsp3) is 0.500. The van der Waals surface area contributed by atoms with Gasteiger partial charge in [-0.2, -0.15) is 8.42 Å². The molecule has 0 amide bonds. The summed E-state index contributed by atoms with van der Waals surface area (Å²) in [7, 11) is -4.67. The van der Waals surface area contributed by atoms with E-state index in [9.17, 15) is 0 Å². The minimum atomic E-state index is -4.67. The molecule has 132 valence electrons. The minimum Gasteiger partial charge on any atom is -0.296 e. The van der Waals surface area contributed by atoms with Gasteiger partial charge in [0.05, 0.1) is 38.9 Å². The van der Waals surface area contributed by atoms with Crippen molar-refractivity contribution >= 4 is 23.1 Å². The van der Waals surface area contributed by atoms with Crippen molar-refractivity contribution in [2.75, 3.05) is 39.3 Å². The van der Waals surface area contributed by atoms with Crippen LogP contribution in [0.1, 0.15) is 0 Å². The third-order valence-corrected chi connectivity index (χ3v) is 2.26. The normalized spacial score (nSPS) is 15.6. The molecule has 4 N–H and O–H groups in total. The Hall–Kier alpha value is -1.79. The molecule has 2 rings (SSSR count). The molecule has 10 nitrogen and oxygen atoms in total. The van der Waals surface area contributed by atoms with E-state index < -0.39 is 10.4 Å². The smallest absolute Gasteiger partial charge is 0.296 e. The van der Waals surface area contributed by atoms with E-state index in [2.05, 4.69) is 34.0 Å². The van der Waals surface area contributed by atoms with Gasteiger partial charge in [-0.1, -0.05) is 12.2 Å². The first-order valence-electron chi connectivity index (χ1n) is 6.78. The predicted molar refractivity (Wildman–Crippen MR) is 90.7 cm³/mol. The zero-order valence-electron chi connectivity index (χ0n) is 12.9. The fourth-order valence-corrected chi connectivity index (χ4v) is 1.36. The number of rotatable bonds is 6. The molecule has 0 saturated heterocycles. The zero-order chi connectivity index (χ0) is 17.6. The lowest BCUT2D eigenvalue weighted by atomic mass is 10.6. The van der Waals surface area contributed by atoms with Crippen LogP contribution < -0.4 is 10.9 Å². The molecule has 0 saturated carbocycles. The van der Waals surface area contributed by atoms with Gasteiger partial charge in [0.1, 0.15) is 0 Å². The number of hydrogen-bond acceptors (Lipinski definition) is 8. The van der Waals surface area contributed by atoms with Crippen LogP contribution >= 0.6 is 0 Å². The second kappa shape index (κ2) is 12.7. The monoisotopic (exact) mass is 348 g/mol. The fourth-order valence-electron chi connectivity index (χ4n) is 1.36. The van der Waals surface area contributed by atoms with Crippen molar-refractivity contribution in [2.24, 2.45) is 9.98 Å². The van der Waals surface area contributed by atoms with Gasteiger partial charge in [-0.05, 0) is 0 Å². The van der Waals surface area contributed by atoms with Crippen LogP contribution in [-0.2, 0) is 10.4 Å². The van der Waals surface area contributed by atoms with E-state index in [0.717, 1.165) is 39.3 Å². The quantitative estimate of drug-likeness (QED) is 0.369. The molecule has 2 heterocycles. The molecule has 0 aliphatic carbocycles. The van der Waals surface area contributed by atoms with E-state index in [1.807, 2.05) is 34.8 Å². The number of nitrogens with one attached hydrogen (secondary N) is 2. The average Bonchev–Trinajstić information content (AvgIpc) is 3.15. The van der Waals surface area contributed by atoms with Gasteiger partial charge < -0.3 is 0 Å². The Morgan fingerprint density at radius 1 is 1.00 bits per heavy atom. The third-order valence-electron chi connectivity index (χ3n) is 2.26. The Balaban J connectivity index is 0.000000332. The van der Waals surface area contributed by atoms with Crippen molar-refractivity contribution in [3.8, 4) is 0 Å². The van der Waals surface area contributed by atoms with E-state index in [4.69, 9.17) is 17.5 Å². The van der Waals surface area contributed by atoms with Crippen molar-refractivity contribution in [1.29, 1.82) is 0 Å². The molecule has 23 heavy (non-hydrogen) atoms. The molecular weight excluding hydrogens is 324 g/mol. The molecule has 0 atom stereocenters. The number of nitrogens with zero attached hydrogens (tertiary/aromatic N) is 4. The summed E-state index contributed by atoms with van der Waals surface area (Å²) in [5.74, 6) is 0. The lowest BCUT2D eigenvalue weighted by Gasteiger charge is -2.12. The van der Waals surface area contributed by atoms with Crippen molar-refractivity contribution in [1.82, 2.24) is 20.9 Å². The molecule has 0 spiro atoms. The van der Waals surface area contributed by atoms with E-state index in [-0.39, 0.29) is 0 Å². The van der Waals surface area contributed by atoms with Crippen molar-refractivity contribution in [3.63, 3.8) is 0 Å². The SMILES string of the molecule is C=CCNN1C=NCC1.C=CCNN1C=NCC1.O=S(=O)(O)O. The highest BCUT2D eigenvalue weighted by Crippen LogP contribution is 1.87. The molecule has 11 heteroatoms. The molecule has 2 aliphatic heterocycles. The lowest BCUT2D eigenvalue weighted by molar-refractivity contribution is 0.362. The summed E-state index contributed by atoms with van der Waals surface area (Å²) in [6, 6.07) is 0. The molecule has 0 unspecified atom stereocenters. The molecule has 0 aromatic carbocycles. The van der Waals surface area contributed by atoms with Crippen molar-refractivity contribution in [3.05, 3.63) is 25.3 Å². The predicted octanol–water partition coefficient (Wildman–Crippen LogP) is -0.611. The van der Waals surface area contributed by atoms with Crippen LogP contribution in [0.25, 0.3) is 0 Å². The van der Waals surface area contributed by atoms with Gasteiger partial charge in [0.25, 0.3) is 0 Å². The van der Waals surface area contributed by atoms with Crippen LogP contribution in [0.3, 0.4) is 0 Å².